The zero-order chi connectivity index (χ0) is 14.7. The highest BCUT2D eigenvalue weighted by Gasteiger charge is 2.15. The molecule has 0 atom stereocenters. The molecule has 0 aliphatic rings. The number of rotatable bonds is 3. The van der Waals surface area contributed by atoms with Crippen LogP contribution in [0.25, 0.3) is 0 Å². The van der Waals surface area contributed by atoms with Gasteiger partial charge in [0.15, 0.2) is 0 Å². The number of aromatic carboxylic acids is 1. The quantitative estimate of drug-likeness (QED) is 0.929. The third-order valence-corrected chi connectivity index (χ3v) is 3.43. The molecule has 2 aromatic rings. The van der Waals surface area contributed by atoms with Crippen LogP contribution >= 0.6 is 15.9 Å². The minimum absolute atomic E-state index is 0.214. The van der Waals surface area contributed by atoms with Gasteiger partial charge in [0.2, 0.25) is 0 Å². The van der Waals surface area contributed by atoms with E-state index in [0.717, 1.165) is 5.69 Å². The van der Waals surface area contributed by atoms with Crippen LogP contribution < -0.4 is 4.90 Å². The number of hydrogen-bond donors (Lipinski definition) is 1. The Morgan fingerprint density at radius 2 is 1.90 bits per heavy atom. The molecule has 20 heavy (non-hydrogen) atoms. The maximum Gasteiger partial charge on any atom is 0.337 e. The summed E-state index contributed by atoms with van der Waals surface area (Å²) in [4.78, 5) is 13.1. The summed E-state index contributed by atoms with van der Waals surface area (Å²) < 4.78 is 0.715. The summed E-state index contributed by atoms with van der Waals surface area (Å²) in [6, 6.07) is 14.1. The predicted molar refractivity (Wildman–Crippen MR) is 80.3 cm³/mol. The van der Waals surface area contributed by atoms with Gasteiger partial charge in [-0.25, -0.2) is 4.79 Å². The maximum absolute atomic E-state index is 11.3. The SMILES string of the molecule is CN(c1ccc(C#N)cc1)c1ccc(Br)cc1C(=O)O. The van der Waals surface area contributed by atoms with Crippen LogP contribution in [0.3, 0.4) is 0 Å². The van der Waals surface area contributed by atoms with E-state index in [2.05, 4.69) is 22.0 Å². The first-order chi connectivity index (χ1) is 9.52. The summed E-state index contributed by atoms with van der Waals surface area (Å²) in [5.41, 5.74) is 2.18. The van der Waals surface area contributed by atoms with Crippen molar-refractivity contribution < 1.29 is 9.90 Å². The molecule has 1 N–H and O–H groups in total. The Hall–Kier alpha value is -2.32. The van der Waals surface area contributed by atoms with Gasteiger partial charge >= 0.3 is 5.97 Å². The Bertz CT molecular complexity index is 690. The van der Waals surface area contributed by atoms with Gasteiger partial charge in [-0.3, -0.25) is 0 Å². The third kappa shape index (κ3) is 2.81. The first-order valence-electron chi connectivity index (χ1n) is 5.79. The van der Waals surface area contributed by atoms with Gasteiger partial charge in [-0.15, -0.1) is 0 Å². The largest absolute Gasteiger partial charge is 0.478 e. The van der Waals surface area contributed by atoms with Crippen LogP contribution in [0, 0.1) is 11.3 Å². The van der Waals surface area contributed by atoms with Crippen molar-refractivity contribution in [3.05, 3.63) is 58.1 Å². The Kier molecular flexibility index (Phi) is 4.06. The van der Waals surface area contributed by atoms with Crippen molar-refractivity contribution in [3.8, 4) is 6.07 Å². The van der Waals surface area contributed by atoms with Crippen LogP contribution in [-0.2, 0) is 0 Å². The van der Waals surface area contributed by atoms with E-state index in [4.69, 9.17) is 5.26 Å². The van der Waals surface area contributed by atoms with Crippen LogP contribution in [0.5, 0.6) is 0 Å². The molecule has 0 bridgehead atoms. The van der Waals surface area contributed by atoms with E-state index in [9.17, 15) is 9.90 Å². The second-order valence-corrected chi connectivity index (χ2v) is 5.10. The maximum atomic E-state index is 11.3. The topological polar surface area (TPSA) is 64.3 Å². The van der Waals surface area contributed by atoms with Crippen molar-refractivity contribution in [3.63, 3.8) is 0 Å². The smallest absolute Gasteiger partial charge is 0.337 e. The number of carboxylic acid groups (broad SMARTS) is 1. The summed E-state index contributed by atoms with van der Waals surface area (Å²) in [5, 5.41) is 18.1. The van der Waals surface area contributed by atoms with Crippen LogP contribution in [0.2, 0.25) is 0 Å². The fourth-order valence-corrected chi connectivity index (χ4v) is 2.23. The fraction of sp³-hybridized carbons (Fsp3) is 0.0667. The van der Waals surface area contributed by atoms with Gasteiger partial charge in [-0.2, -0.15) is 5.26 Å². The van der Waals surface area contributed by atoms with E-state index >= 15 is 0 Å². The highest BCUT2D eigenvalue weighted by Crippen LogP contribution is 2.29. The van der Waals surface area contributed by atoms with Crippen LogP contribution in [0.15, 0.2) is 46.9 Å². The van der Waals surface area contributed by atoms with Crippen molar-refractivity contribution >= 4 is 33.3 Å². The van der Waals surface area contributed by atoms with Crippen molar-refractivity contribution in [1.82, 2.24) is 0 Å². The van der Waals surface area contributed by atoms with Crippen molar-refractivity contribution in [1.29, 1.82) is 5.26 Å². The van der Waals surface area contributed by atoms with Crippen LogP contribution in [-0.4, -0.2) is 18.1 Å². The van der Waals surface area contributed by atoms with Gasteiger partial charge in [0.05, 0.1) is 22.9 Å². The number of carbonyl (C=O) groups is 1. The number of anilines is 2. The van der Waals surface area contributed by atoms with Gasteiger partial charge < -0.3 is 10.0 Å². The minimum Gasteiger partial charge on any atom is -0.478 e. The van der Waals surface area contributed by atoms with E-state index in [0.29, 0.717) is 15.7 Å². The number of halogens is 1. The van der Waals surface area contributed by atoms with Gasteiger partial charge in [0.25, 0.3) is 0 Å². The van der Waals surface area contributed by atoms with Crippen molar-refractivity contribution in [2.24, 2.45) is 0 Å². The highest BCUT2D eigenvalue weighted by atomic mass is 79.9. The van der Waals surface area contributed by atoms with E-state index < -0.39 is 5.97 Å². The zero-order valence-corrected chi connectivity index (χ0v) is 12.3. The fourth-order valence-electron chi connectivity index (χ4n) is 1.87. The third-order valence-electron chi connectivity index (χ3n) is 2.93. The Morgan fingerprint density at radius 3 is 2.45 bits per heavy atom. The lowest BCUT2D eigenvalue weighted by Gasteiger charge is -2.21. The number of carboxylic acids is 1. The predicted octanol–water partition coefficient (Wildman–Crippen LogP) is 3.79. The van der Waals surface area contributed by atoms with Crippen LogP contribution in [0.1, 0.15) is 15.9 Å². The molecule has 5 heteroatoms. The van der Waals surface area contributed by atoms with E-state index in [1.807, 2.05) is 0 Å². The Morgan fingerprint density at radius 1 is 1.25 bits per heavy atom. The molecule has 2 aromatic carbocycles. The second-order valence-electron chi connectivity index (χ2n) is 4.18. The Labute approximate surface area is 125 Å². The molecule has 0 heterocycles. The van der Waals surface area contributed by atoms with Crippen molar-refractivity contribution in [2.45, 2.75) is 0 Å². The molecule has 0 fully saturated rings. The van der Waals surface area contributed by atoms with Gasteiger partial charge in [-0.1, -0.05) is 15.9 Å². The molecule has 0 aliphatic carbocycles. The molecule has 4 nitrogen and oxygen atoms in total. The summed E-state index contributed by atoms with van der Waals surface area (Å²) in [6.07, 6.45) is 0. The van der Waals surface area contributed by atoms with Gasteiger partial charge in [0.1, 0.15) is 0 Å². The highest BCUT2D eigenvalue weighted by molar-refractivity contribution is 9.10. The summed E-state index contributed by atoms with van der Waals surface area (Å²) in [7, 11) is 1.79. The summed E-state index contributed by atoms with van der Waals surface area (Å²) in [5.74, 6) is -0.984. The van der Waals surface area contributed by atoms with E-state index in [-0.39, 0.29) is 5.56 Å². The zero-order valence-electron chi connectivity index (χ0n) is 10.7. The molecular formula is C15H11BrN2O2. The monoisotopic (exact) mass is 330 g/mol. The lowest BCUT2D eigenvalue weighted by Crippen LogP contribution is -2.14. The first kappa shape index (κ1) is 14.1. The van der Waals surface area contributed by atoms with Crippen LogP contribution in [0.4, 0.5) is 11.4 Å². The lowest BCUT2D eigenvalue weighted by molar-refractivity contribution is 0.0697. The molecule has 0 radical (unpaired) electrons. The molecule has 0 saturated carbocycles. The molecule has 2 rings (SSSR count). The van der Waals surface area contributed by atoms with Crippen molar-refractivity contribution in [2.75, 3.05) is 11.9 Å². The molecule has 0 aromatic heterocycles. The van der Waals surface area contributed by atoms with Gasteiger partial charge in [-0.05, 0) is 42.5 Å². The second kappa shape index (κ2) is 5.76. The number of nitriles is 1. The first-order valence-corrected chi connectivity index (χ1v) is 6.59. The molecule has 0 unspecified atom stereocenters. The molecule has 100 valence electrons. The summed E-state index contributed by atoms with van der Waals surface area (Å²) >= 11 is 3.27. The molecule has 0 spiro atoms. The lowest BCUT2D eigenvalue weighted by atomic mass is 10.1. The Balaban J connectivity index is 2.44. The summed E-state index contributed by atoms with van der Waals surface area (Å²) in [6.45, 7) is 0. The molecule has 0 aliphatic heterocycles. The normalized spacial score (nSPS) is 9.85. The number of hydrogen-bond acceptors (Lipinski definition) is 3. The molecular weight excluding hydrogens is 320 g/mol. The molecule has 0 saturated heterocycles. The van der Waals surface area contributed by atoms with E-state index in [1.165, 1.54) is 0 Å². The molecule has 0 amide bonds. The van der Waals surface area contributed by atoms with Gasteiger partial charge in [0, 0.05) is 17.2 Å². The van der Waals surface area contributed by atoms with E-state index in [1.54, 1.807) is 54.4 Å². The standard InChI is InChI=1S/C15H11BrN2O2/c1-18(12-5-2-10(9-17)3-6-12)14-7-4-11(16)8-13(14)15(19)20/h2-8H,1H3,(H,19,20). The minimum atomic E-state index is -0.984. The number of benzene rings is 2. The number of nitrogens with zero attached hydrogens (tertiary/aromatic N) is 2. The average molecular weight is 331 g/mol. The average Bonchev–Trinajstić information content (AvgIpc) is 2.46.